The molecule has 5 aliphatic rings. The number of carbonyl (C=O) groups excluding carboxylic acids is 2. The molecular formula is C22H28ClN3O4. The first-order valence-electron chi connectivity index (χ1n) is 10.7. The van der Waals surface area contributed by atoms with Crippen LogP contribution >= 0.6 is 11.6 Å². The first-order valence-corrected chi connectivity index (χ1v) is 11.0. The number of halogens is 1. The van der Waals surface area contributed by atoms with E-state index >= 15 is 0 Å². The van der Waals surface area contributed by atoms with Gasteiger partial charge in [-0.2, -0.15) is 0 Å². The van der Waals surface area contributed by atoms with E-state index in [-0.39, 0.29) is 35.6 Å². The maximum absolute atomic E-state index is 12.8. The second-order valence-corrected chi connectivity index (χ2v) is 10.2. The number of anilines is 1. The van der Waals surface area contributed by atoms with Gasteiger partial charge in [-0.05, 0) is 56.2 Å². The molecule has 1 aromatic carbocycles. The summed E-state index contributed by atoms with van der Waals surface area (Å²) in [7, 11) is 1.93. The number of hydrogen-bond donors (Lipinski definition) is 2. The minimum atomic E-state index is -0.568. The van der Waals surface area contributed by atoms with E-state index in [1.165, 1.54) is 0 Å². The lowest BCUT2D eigenvalue weighted by atomic mass is 9.44. The van der Waals surface area contributed by atoms with Crippen molar-refractivity contribution < 1.29 is 19.1 Å². The molecule has 6 rings (SSSR count). The summed E-state index contributed by atoms with van der Waals surface area (Å²) in [6, 6.07) is 5.40. The Balaban J connectivity index is 1.09. The highest BCUT2D eigenvalue weighted by atomic mass is 35.5. The SMILES string of the molecule is CC1CC(OCC(=O)NC23CC(NC(=O)C4CN(C)c5cc(Cl)ccc5O4)(C2)C3)C1. The van der Waals surface area contributed by atoms with Crippen LogP contribution in [-0.2, 0) is 14.3 Å². The first-order chi connectivity index (χ1) is 14.2. The lowest BCUT2D eigenvalue weighted by molar-refractivity contribution is -0.156. The molecule has 7 nitrogen and oxygen atoms in total. The smallest absolute Gasteiger partial charge is 0.263 e. The Morgan fingerprint density at radius 2 is 1.93 bits per heavy atom. The predicted octanol–water partition coefficient (Wildman–Crippen LogP) is 2.26. The summed E-state index contributed by atoms with van der Waals surface area (Å²) in [5.41, 5.74) is 0.502. The van der Waals surface area contributed by atoms with Gasteiger partial charge in [0.15, 0.2) is 6.10 Å². The Hall–Kier alpha value is -1.99. The molecule has 2 bridgehead atoms. The fraction of sp³-hybridized carbons (Fsp3) is 0.636. The van der Waals surface area contributed by atoms with Crippen molar-refractivity contribution in [1.82, 2.24) is 10.6 Å². The lowest BCUT2D eigenvalue weighted by Gasteiger charge is -2.70. The summed E-state index contributed by atoms with van der Waals surface area (Å²) in [5.74, 6) is 1.21. The molecule has 4 saturated carbocycles. The molecule has 0 aromatic heterocycles. The van der Waals surface area contributed by atoms with Gasteiger partial charge in [-0.15, -0.1) is 0 Å². The second-order valence-electron chi connectivity index (χ2n) is 9.74. The zero-order valence-electron chi connectivity index (χ0n) is 17.4. The topological polar surface area (TPSA) is 79.9 Å². The highest BCUT2D eigenvalue weighted by Crippen LogP contribution is 2.60. The normalized spacial score (nSPS) is 35.7. The van der Waals surface area contributed by atoms with Crippen LogP contribution in [0.5, 0.6) is 5.75 Å². The van der Waals surface area contributed by atoms with E-state index < -0.39 is 6.10 Å². The zero-order chi connectivity index (χ0) is 21.1. The molecule has 1 atom stereocenters. The number of nitrogens with zero attached hydrogens (tertiary/aromatic N) is 1. The molecule has 1 aromatic rings. The molecule has 0 spiro atoms. The number of carbonyl (C=O) groups is 2. The summed E-state index contributed by atoms with van der Waals surface area (Å²) in [6.07, 6.45) is 4.07. The van der Waals surface area contributed by atoms with Crippen molar-refractivity contribution in [3.8, 4) is 5.75 Å². The van der Waals surface area contributed by atoms with Gasteiger partial charge in [-0.3, -0.25) is 9.59 Å². The summed E-state index contributed by atoms with van der Waals surface area (Å²) in [5, 5.41) is 6.91. The predicted molar refractivity (Wildman–Crippen MR) is 113 cm³/mol. The Bertz CT molecular complexity index is 865. The Labute approximate surface area is 181 Å². The van der Waals surface area contributed by atoms with E-state index in [0.29, 0.717) is 23.2 Å². The largest absolute Gasteiger partial charge is 0.477 e. The number of hydrogen-bond acceptors (Lipinski definition) is 5. The van der Waals surface area contributed by atoms with Gasteiger partial charge in [0, 0.05) is 23.1 Å². The third-order valence-electron chi connectivity index (χ3n) is 6.94. The van der Waals surface area contributed by atoms with Gasteiger partial charge in [0.1, 0.15) is 12.4 Å². The molecule has 1 unspecified atom stereocenters. The number of amides is 2. The highest BCUT2D eigenvalue weighted by molar-refractivity contribution is 6.31. The fourth-order valence-electron chi connectivity index (χ4n) is 5.45. The van der Waals surface area contributed by atoms with Crippen molar-refractivity contribution in [1.29, 1.82) is 0 Å². The van der Waals surface area contributed by atoms with Crippen LogP contribution in [0.2, 0.25) is 5.02 Å². The molecule has 30 heavy (non-hydrogen) atoms. The number of rotatable bonds is 6. The minimum Gasteiger partial charge on any atom is -0.477 e. The number of benzene rings is 1. The van der Waals surface area contributed by atoms with Gasteiger partial charge in [0.25, 0.3) is 5.91 Å². The van der Waals surface area contributed by atoms with Crippen molar-refractivity contribution in [2.45, 2.75) is 62.3 Å². The molecule has 8 heteroatoms. The standard InChI is InChI=1S/C22H28ClN3O4/c1-13-5-15(6-13)29-9-19(27)24-21-10-22(11-21,12-21)25-20(28)18-8-26(2)16-7-14(23)3-4-17(16)30-18/h3-4,7,13,15,18H,5-6,8-12H2,1-2H3,(H,24,27)(H,25,28). The molecule has 4 fully saturated rings. The quantitative estimate of drug-likeness (QED) is 0.719. The number of ether oxygens (including phenoxy) is 2. The zero-order valence-corrected chi connectivity index (χ0v) is 18.1. The van der Waals surface area contributed by atoms with Gasteiger partial charge in [0.2, 0.25) is 5.91 Å². The number of fused-ring (bicyclic) bond motifs is 1. The van der Waals surface area contributed by atoms with Crippen LogP contribution in [0.25, 0.3) is 0 Å². The highest BCUT2D eigenvalue weighted by Gasteiger charge is 2.69. The maximum atomic E-state index is 12.8. The van der Waals surface area contributed by atoms with Crippen LogP contribution < -0.4 is 20.3 Å². The molecule has 0 saturated heterocycles. The van der Waals surface area contributed by atoms with E-state index in [1.54, 1.807) is 12.1 Å². The minimum absolute atomic E-state index is 0.0540. The van der Waals surface area contributed by atoms with E-state index in [1.807, 2.05) is 18.0 Å². The van der Waals surface area contributed by atoms with Crippen LogP contribution in [0, 0.1) is 5.92 Å². The van der Waals surface area contributed by atoms with Crippen LogP contribution in [0.1, 0.15) is 39.0 Å². The molecule has 1 heterocycles. The molecular weight excluding hydrogens is 406 g/mol. The van der Waals surface area contributed by atoms with Crippen molar-refractivity contribution in [2.75, 3.05) is 25.1 Å². The second kappa shape index (κ2) is 7.02. The van der Waals surface area contributed by atoms with Crippen molar-refractivity contribution in [2.24, 2.45) is 5.92 Å². The summed E-state index contributed by atoms with van der Waals surface area (Å²) in [4.78, 5) is 27.0. The molecule has 162 valence electrons. The Kier molecular flexibility index (Phi) is 4.67. The van der Waals surface area contributed by atoms with E-state index in [0.717, 1.165) is 37.8 Å². The summed E-state index contributed by atoms with van der Waals surface area (Å²) >= 11 is 6.06. The van der Waals surface area contributed by atoms with E-state index in [4.69, 9.17) is 21.1 Å². The third-order valence-corrected chi connectivity index (χ3v) is 7.17. The first kappa shape index (κ1) is 19.9. The van der Waals surface area contributed by atoms with Gasteiger partial charge in [0.05, 0.1) is 18.3 Å². The van der Waals surface area contributed by atoms with Crippen molar-refractivity contribution in [3.05, 3.63) is 23.2 Å². The summed E-state index contributed by atoms with van der Waals surface area (Å²) in [6.45, 7) is 2.79. The Morgan fingerprint density at radius 3 is 2.63 bits per heavy atom. The average Bonchev–Trinajstić information content (AvgIpc) is 2.61. The molecule has 2 N–H and O–H groups in total. The molecule has 4 aliphatic carbocycles. The van der Waals surface area contributed by atoms with Crippen LogP contribution in [0.15, 0.2) is 18.2 Å². The number of likely N-dealkylation sites (N-methyl/N-ethyl adjacent to an activating group) is 1. The van der Waals surface area contributed by atoms with Gasteiger partial charge < -0.3 is 25.0 Å². The maximum Gasteiger partial charge on any atom is 0.263 e. The van der Waals surface area contributed by atoms with Crippen LogP contribution in [0.4, 0.5) is 5.69 Å². The van der Waals surface area contributed by atoms with Gasteiger partial charge >= 0.3 is 0 Å². The van der Waals surface area contributed by atoms with Crippen molar-refractivity contribution >= 4 is 29.1 Å². The third kappa shape index (κ3) is 3.52. The monoisotopic (exact) mass is 433 g/mol. The lowest BCUT2D eigenvalue weighted by Crippen LogP contribution is -2.84. The van der Waals surface area contributed by atoms with Crippen LogP contribution in [-0.4, -0.2) is 55.3 Å². The summed E-state index contributed by atoms with van der Waals surface area (Å²) < 4.78 is 11.6. The van der Waals surface area contributed by atoms with Gasteiger partial charge in [-0.25, -0.2) is 0 Å². The molecule has 1 aliphatic heterocycles. The van der Waals surface area contributed by atoms with Crippen LogP contribution in [0.3, 0.4) is 0 Å². The molecule has 2 amide bonds. The Morgan fingerprint density at radius 1 is 1.23 bits per heavy atom. The number of nitrogens with one attached hydrogen (secondary N) is 2. The average molecular weight is 434 g/mol. The van der Waals surface area contributed by atoms with Crippen molar-refractivity contribution in [3.63, 3.8) is 0 Å². The molecule has 0 radical (unpaired) electrons. The van der Waals surface area contributed by atoms with E-state index in [2.05, 4.69) is 17.6 Å². The van der Waals surface area contributed by atoms with Gasteiger partial charge in [-0.1, -0.05) is 18.5 Å². The fourth-order valence-corrected chi connectivity index (χ4v) is 5.61. The van der Waals surface area contributed by atoms with E-state index in [9.17, 15) is 9.59 Å².